The first-order valence-electron chi connectivity index (χ1n) is 17.7. The molecule has 8 rings (SSSR count). The molecule has 1 spiro atoms. The number of esters is 1. The molecule has 6 unspecified atom stereocenters. The van der Waals surface area contributed by atoms with Crippen molar-refractivity contribution >= 4 is 23.5 Å². The van der Waals surface area contributed by atoms with Gasteiger partial charge in [-0.05, 0) is 76.9 Å². The van der Waals surface area contributed by atoms with Gasteiger partial charge in [0.25, 0.3) is 0 Å². The van der Waals surface area contributed by atoms with Gasteiger partial charge < -0.3 is 30.4 Å². The highest BCUT2D eigenvalue weighted by Crippen LogP contribution is 2.64. The van der Waals surface area contributed by atoms with Gasteiger partial charge in [0.1, 0.15) is 35.7 Å². The van der Waals surface area contributed by atoms with Crippen LogP contribution in [0.2, 0.25) is 0 Å². The van der Waals surface area contributed by atoms with E-state index in [9.17, 15) is 19.5 Å². The van der Waals surface area contributed by atoms with Crippen molar-refractivity contribution in [3.63, 3.8) is 0 Å². The molecular weight excluding hydrogens is 682 g/mol. The summed E-state index contributed by atoms with van der Waals surface area (Å²) in [4.78, 5) is 45.5. The molecule has 10 heteroatoms. The van der Waals surface area contributed by atoms with Gasteiger partial charge in [0, 0.05) is 16.8 Å². The molecule has 4 N–H and O–H groups in total. The third-order valence-electron chi connectivity index (χ3n) is 10.6. The molecule has 2 amide bonds. The Kier molecular flexibility index (Phi) is 9.11. The Hall–Kier alpha value is -6.41. The van der Waals surface area contributed by atoms with E-state index in [1.807, 2.05) is 114 Å². The number of anilines is 1. The van der Waals surface area contributed by atoms with E-state index < -0.39 is 53.3 Å². The number of primary amides is 1. The van der Waals surface area contributed by atoms with E-state index in [2.05, 4.69) is 17.2 Å². The number of rotatable bonds is 8. The van der Waals surface area contributed by atoms with Crippen LogP contribution in [0.5, 0.6) is 11.5 Å². The van der Waals surface area contributed by atoms with Gasteiger partial charge in [0.05, 0.1) is 31.7 Å². The fourth-order valence-electron chi connectivity index (χ4n) is 8.43. The smallest absolute Gasteiger partial charge is 0.324 e. The summed E-state index contributed by atoms with van der Waals surface area (Å²) < 4.78 is 17.3. The van der Waals surface area contributed by atoms with E-state index in [0.29, 0.717) is 33.9 Å². The average Bonchev–Trinajstić information content (AvgIpc) is 3.69. The molecule has 3 heterocycles. The number of fused-ring (bicyclic) bond motifs is 3. The molecule has 0 radical (unpaired) electrons. The van der Waals surface area contributed by atoms with Gasteiger partial charge in [0.2, 0.25) is 11.8 Å². The Labute approximate surface area is 312 Å². The lowest BCUT2D eigenvalue weighted by Crippen LogP contribution is -2.53. The minimum Gasteiger partial charge on any atom is -0.497 e. The van der Waals surface area contributed by atoms with Crippen molar-refractivity contribution in [2.45, 2.75) is 29.6 Å². The zero-order chi connectivity index (χ0) is 37.4. The van der Waals surface area contributed by atoms with Crippen molar-refractivity contribution in [2.75, 3.05) is 25.6 Å². The van der Waals surface area contributed by atoms with Crippen LogP contribution in [-0.4, -0.2) is 54.2 Å². The lowest BCUT2D eigenvalue weighted by Gasteiger charge is -2.46. The number of nitrogens with zero attached hydrogens (tertiary/aromatic N) is 1. The molecule has 3 aliphatic rings. The summed E-state index contributed by atoms with van der Waals surface area (Å²) in [6.45, 7) is -0.0624. The molecule has 5 aromatic rings. The van der Waals surface area contributed by atoms with Gasteiger partial charge in [-0.1, -0.05) is 84.6 Å². The Morgan fingerprint density at radius 3 is 2.09 bits per heavy atom. The van der Waals surface area contributed by atoms with E-state index in [1.165, 1.54) is 0 Å². The number of nitrogens with one attached hydrogen (secondary N) is 1. The topological polar surface area (TPSA) is 140 Å². The molecule has 5 aromatic carbocycles. The first-order chi connectivity index (χ1) is 26.3. The van der Waals surface area contributed by atoms with Gasteiger partial charge >= 0.3 is 5.97 Å². The van der Waals surface area contributed by atoms with Crippen molar-refractivity contribution in [3.05, 3.63) is 161 Å². The third kappa shape index (κ3) is 5.75. The highest BCUT2D eigenvalue weighted by molar-refractivity contribution is 6.12. The Morgan fingerprint density at radius 2 is 1.44 bits per heavy atom. The summed E-state index contributed by atoms with van der Waals surface area (Å²) in [5.41, 5.74) is 9.27. The summed E-state index contributed by atoms with van der Waals surface area (Å²) >= 11 is 0. The van der Waals surface area contributed by atoms with Crippen LogP contribution in [0.15, 0.2) is 127 Å². The number of nitrogens with two attached hydrogens (primary N) is 1. The Balaban J connectivity index is 1.37. The number of amides is 2. The highest BCUT2D eigenvalue weighted by Gasteiger charge is 2.73. The molecule has 10 nitrogen and oxygen atoms in total. The van der Waals surface area contributed by atoms with E-state index in [0.717, 1.165) is 16.7 Å². The second-order valence-corrected chi connectivity index (χ2v) is 13.5. The number of hydrogen-bond acceptors (Lipinski definition) is 8. The van der Waals surface area contributed by atoms with Crippen molar-refractivity contribution in [2.24, 2.45) is 11.7 Å². The van der Waals surface area contributed by atoms with Crippen molar-refractivity contribution in [3.8, 4) is 23.3 Å². The van der Waals surface area contributed by atoms with Crippen LogP contribution in [-0.2, 0) is 24.5 Å². The van der Waals surface area contributed by atoms with Crippen LogP contribution in [0.25, 0.3) is 0 Å². The van der Waals surface area contributed by atoms with Crippen LogP contribution < -0.4 is 20.5 Å². The number of cyclic esters (lactones) is 1. The summed E-state index contributed by atoms with van der Waals surface area (Å²) in [6.07, 6.45) is -0.790. The van der Waals surface area contributed by atoms with Crippen LogP contribution in [0, 0.1) is 17.8 Å². The normalized spacial score (nSPS) is 24.1. The summed E-state index contributed by atoms with van der Waals surface area (Å²) in [7, 11) is 1.60. The van der Waals surface area contributed by atoms with Crippen LogP contribution >= 0.6 is 0 Å². The number of carbonyl (C=O) groups is 3. The zero-order valence-electron chi connectivity index (χ0n) is 29.3. The van der Waals surface area contributed by atoms with E-state index >= 15 is 0 Å². The average molecular weight is 720 g/mol. The quantitative estimate of drug-likeness (QED) is 0.147. The fraction of sp³-hybridized carbons (Fsp3) is 0.205. The number of benzene rings is 5. The standard InChI is InChI=1S/C44H37N3O7/c1-52-32-19-14-27(15-20-32)12-13-28-16-23-35-34(26-28)44(43(51)46-35)36(41(45)49)38-42(50)54-39(30-10-6-3-7-11-30)37(29-8-4-2-5-9-29)47(38)40(44)31-17-21-33(22-18-31)53-25-24-48/h2-11,14-23,26,36-40,48H,24-25H2,1H3,(H2,45,49)(H,46,51). The number of methoxy groups -OCH3 is 1. The predicted octanol–water partition coefficient (Wildman–Crippen LogP) is 5.22. The summed E-state index contributed by atoms with van der Waals surface area (Å²) in [5.74, 6) is 4.36. The molecule has 2 saturated heterocycles. The summed E-state index contributed by atoms with van der Waals surface area (Å²) in [5, 5.41) is 12.4. The van der Waals surface area contributed by atoms with E-state index in [-0.39, 0.29) is 13.2 Å². The first kappa shape index (κ1) is 34.7. The van der Waals surface area contributed by atoms with Crippen molar-refractivity contribution in [1.29, 1.82) is 0 Å². The monoisotopic (exact) mass is 719 g/mol. The molecule has 270 valence electrons. The SMILES string of the molecule is COc1ccc(C#Cc2ccc3c(c2)C2(C(=O)N3)C(C(N)=O)C3C(=O)OC(c4ccccc4)C(c4ccccc4)N3C2c2ccc(OCCO)cc2)cc1. The fourth-order valence-corrected chi connectivity index (χ4v) is 8.43. The van der Waals surface area contributed by atoms with E-state index in [4.69, 9.17) is 19.9 Å². The molecular formula is C44H37N3O7. The minimum atomic E-state index is -1.69. The Bertz CT molecular complexity index is 2270. The summed E-state index contributed by atoms with van der Waals surface area (Å²) in [6, 6.07) is 36.3. The largest absolute Gasteiger partial charge is 0.497 e. The first-order valence-corrected chi connectivity index (χ1v) is 17.7. The zero-order valence-corrected chi connectivity index (χ0v) is 29.3. The minimum absolute atomic E-state index is 0.0987. The second kappa shape index (κ2) is 14.2. The van der Waals surface area contributed by atoms with Crippen molar-refractivity contribution in [1.82, 2.24) is 4.90 Å². The molecule has 6 atom stereocenters. The maximum Gasteiger partial charge on any atom is 0.324 e. The number of aliphatic hydroxyl groups is 1. The third-order valence-corrected chi connectivity index (χ3v) is 10.6. The molecule has 0 saturated carbocycles. The molecule has 0 aromatic heterocycles. The molecule has 2 fully saturated rings. The number of carbonyl (C=O) groups excluding carboxylic acids is 3. The number of aliphatic hydroxyl groups excluding tert-OH is 1. The number of ether oxygens (including phenoxy) is 3. The second-order valence-electron chi connectivity index (χ2n) is 13.5. The maximum absolute atomic E-state index is 15.0. The van der Waals surface area contributed by atoms with Crippen LogP contribution in [0.1, 0.15) is 51.6 Å². The molecule has 0 aliphatic carbocycles. The van der Waals surface area contributed by atoms with Gasteiger partial charge in [-0.25, -0.2) is 0 Å². The van der Waals surface area contributed by atoms with Gasteiger partial charge in [-0.3, -0.25) is 19.3 Å². The Morgan fingerprint density at radius 1 is 0.815 bits per heavy atom. The van der Waals surface area contributed by atoms with Crippen LogP contribution in [0.3, 0.4) is 0 Å². The molecule has 54 heavy (non-hydrogen) atoms. The highest BCUT2D eigenvalue weighted by atomic mass is 16.6. The van der Waals surface area contributed by atoms with Crippen molar-refractivity contribution < 1.29 is 33.7 Å². The molecule has 3 aliphatic heterocycles. The number of hydrogen-bond donors (Lipinski definition) is 3. The lowest BCUT2D eigenvalue weighted by atomic mass is 9.65. The molecule has 0 bridgehead atoms. The van der Waals surface area contributed by atoms with Gasteiger partial charge in [-0.2, -0.15) is 0 Å². The van der Waals surface area contributed by atoms with E-state index in [1.54, 1.807) is 25.3 Å². The maximum atomic E-state index is 15.0. The van der Waals surface area contributed by atoms with Gasteiger partial charge in [-0.15, -0.1) is 0 Å². The van der Waals surface area contributed by atoms with Crippen LogP contribution in [0.4, 0.5) is 5.69 Å². The predicted molar refractivity (Wildman–Crippen MR) is 200 cm³/mol. The van der Waals surface area contributed by atoms with Gasteiger partial charge in [0.15, 0.2) is 0 Å². The lowest BCUT2D eigenvalue weighted by molar-refractivity contribution is -0.178. The number of morpholine rings is 1.